The van der Waals surface area contributed by atoms with Crippen LogP contribution in [0.1, 0.15) is 47.3 Å². The van der Waals surface area contributed by atoms with Gasteiger partial charge in [0.15, 0.2) is 0 Å². The topological polar surface area (TPSA) is 71.5 Å². The van der Waals surface area contributed by atoms with Crippen molar-refractivity contribution in [3.8, 4) is 5.88 Å². The average Bonchev–Trinajstić information content (AvgIpc) is 3.20. The van der Waals surface area contributed by atoms with Crippen LogP contribution in [0.15, 0.2) is 6.07 Å². The molecule has 0 atom stereocenters. The maximum atomic E-state index is 12.7. The van der Waals surface area contributed by atoms with Gasteiger partial charge < -0.3 is 15.0 Å². The molecule has 1 saturated carbocycles. The van der Waals surface area contributed by atoms with E-state index in [1.807, 2.05) is 17.2 Å². The first kappa shape index (κ1) is 17.1. The Labute approximate surface area is 146 Å². The Balaban J connectivity index is 1.79. The molecule has 0 saturated heterocycles. The second-order valence-corrected chi connectivity index (χ2v) is 7.10. The van der Waals surface area contributed by atoms with Crippen molar-refractivity contribution in [1.82, 2.24) is 15.2 Å². The van der Waals surface area contributed by atoms with E-state index < -0.39 is 0 Å². The van der Waals surface area contributed by atoms with Gasteiger partial charge in [-0.2, -0.15) is 11.8 Å². The number of amides is 2. The number of thioether (sulfide) groups is 1. The summed E-state index contributed by atoms with van der Waals surface area (Å²) in [6, 6.07) is 2.17. The van der Waals surface area contributed by atoms with Gasteiger partial charge in [-0.05, 0) is 25.2 Å². The minimum absolute atomic E-state index is 0.0380. The van der Waals surface area contributed by atoms with Gasteiger partial charge in [0, 0.05) is 18.2 Å². The van der Waals surface area contributed by atoms with Crippen molar-refractivity contribution in [2.24, 2.45) is 0 Å². The maximum Gasteiger partial charge on any atom is 0.256 e. The van der Waals surface area contributed by atoms with Crippen LogP contribution < -0.4 is 10.1 Å². The highest BCUT2D eigenvalue weighted by molar-refractivity contribution is 7.99. The first-order valence-corrected chi connectivity index (χ1v) is 9.66. The molecule has 2 aliphatic rings. The number of carbonyl (C=O) groups excluding carboxylic acids is 2. The average molecular weight is 349 g/mol. The van der Waals surface area contributed by atoms with Crippen LogP contribution in [0.25, 0.3) is 0 Å². The molecule has 0 unspecified atom stereocenters. The molecule has 1 aliphatic carbocycles. The van der Waals surface area contributed by atoms with Gasteiger partial charge in [-0.3, -0.25) is 9.59 Å². The van der Waals surface area contributed by atoms with Crippen molar-refractivity contribution in [1.29, 1.82) is 0 Å². The molecule has 3 rings (SSSR count). The summed E-state index contributed by atoms with van der Waals surface area (Å²) in [6.07, 6.45) is 6.42. The molecule has 24 heavy (non-hydrogen) atoms. The van der Waals surface area contributed by atoms with Crippen LogP contribution in [-0.2, 0) is 17.9 Å². The van der Waals surface area contributed by atoms with E-state index in [9.17, 15) is 9.59 Å². The maximum absolute atomic E-state index is 12.7. The van der Waals surface area contributed by atoms with Crippen molar-refractivity contribution >= 4 is 23.6 Å². The van der Waals surface area contributed by atoms with Crippen LogP contribution in [0, 0.1) is 0 Å². The van der Waals surface area contributed by atoms with E-state index in [1.54, 1.807) is 7.11 Å². The largest absolute Gasteiger partial charge is 0.481 e. The summed E-state index contributed by atoms with van der Waals surface area (Å²) in [5.41, 5.74) is 2.17. The van der Waals surface area contributed by atoms with Gasteiger partial charge in [-0.1, -0.05) is 12.8 Å². The molecule has 0 spiro atoms. The van der Waals surface area contributed by atoms with E-state index in [0.717, 1.165) is 24.1 Å². The summed E-state index contributed by atoms with van der Waals surface area (Å²) < 4.78 is 5.36. The van der Waals surface area contributed by atoms with E-state index in [4.69, 9.17) is 4.74 Å². The number of rotatable bonds is 6. The lowest BCUT2D eigenvalue weighted by atomic mass is 10.1. The molecule has 2 amide bonds. The summed E-state index contributed by atoms with van der Waals surface area (Å²) >= 11 is 1.47. The van der Waals surface area contributed by atoms with Crippen LogP contribution in [-0.4, -0.2) is 46.9 Å². The molecular formula is C17H23N3O3S. The van der Waals surface area contributed by atoms with Gasteiger partial charge in [0.05, 0.1) is 30.7 Å². The number of methoxy groups -OCH3 is 1. The van der Waals surface area contributed by atoms with Crippen LogP contribution in [0.5, 0.6) is 5.88 Å². The summed E-state index contributed by atoms with van der Waals surface area (Å²) in [5, 5.41) is 2.84. The lowest BCUT2D eigenvalue weighted by Crippen LogP contribution is -2.33. The molecule has 0 bridgehead atoms. The number of aromatic nitrogens is 1. The highest BCUT2D eigenvalue weighted by Gasteiger charge is 2.35. The third-order valence-corrected chi connectivity index (χ3v) is 5.21. The van der Waals surface area contributed by atoms with Gasteiger partial charge in [0.1, 0.15) is 0 Å². The second kappa shape index (κ2) is 7.42. The Morgan fingerprint density at radius 1 is 1.46 bits per heavy atom. The Kier molecular flexibility index (Phi) is 5.28. The van der Waals surface area contributed by atoms with Gasteiger partial charge in [-0.25, -0.2) is 4.98 Å². The molecule has 2 heterocycles. The molecule has 1 N–H and O–H groups in total. The monoisotopic (exact) mass is 349 g/mol. The van der Waals surface area contributed by atoms with Gasteiger partial charge in [0.2, 0.25) is 11.8 Å². The fourth-order valence-electron chi connectivity index (χ4n) is 3.46. The van der Waals surface area contributed by atoms with E-state index in [-0.39, 0.29) is 11.8 Å². The molecule has 1 aromatic heterocycles. The second-order valence-electron chi connectivity index (χ2n) is 6.23. The Morgan fingerprint density at radius 3 is 2.88 bits per heavy atom. The zero-order valence-electron chi connectivity index (χ0n) is 14.1. The fourth-order valence-corrected chi connectivity index (χ4v) is 3.82. The molecule has 0 aromatic carbocycles. The molecule has 1 aliphatic heterocycles. The normalized spacial score (nSPS) is 17.2. The van der Waals surface area contributed by atoms with E-state index in [0.29, 0.717) is 36.3 Å². The number of carbonyl (C=O) groups is 2. The number of fused-ring (bicyclic) bond motifs is 1. The quantitative estimate of drug-likeness (QED) is 0.850. The number of nitrogens with one attached hydrogen (secondary N) is 1. The minimum atomic E-state index is -0.0380. The SMILES string of the molecule is COc1nc2c(cc1CNC(=O)CSC)C(=O)N(C1CCCC1)C2. The van der Waals surface area contributed by atoms with Crippen LogP contribution in [0.3, 0.4) is 0 Å². The standard InChI is InChI=1S/C17H23N3O3S/c1-23-16-11(8-18-15(21)10-24-2)7-13-14(19-16)9-20(17(13)22)12-5-3-4-6-12/h7,12H,3-6,8-10H2,1-2H3,(H,18,21). The third kappa shape index (κ3) is 3.36. The van der Waals surface area contributed by atoms with E-state index in [1.165, 1.54) is 24.6 Å². The first-order valence-electron chi connectivity index (χ1n) is 8.27. The minimum Gasteiger partial charge on any atom is -0.481 e. The van der Waals surface area contributed by atoms with Crippen molar-refractivity contribution in [3.05, 3.63) is 22.9 Å². The molecule has 1 fully saturated rings. The number of hydrogen-bond donors (Lipinski definition) is 1. The third-order valence-electron chi connectivity index (χ3n) is 4.66. The highest BCUT2D eigenvalue weighted by atomic mass is 32.2. The zero-order chi connectivity index (χ0) is 17.1. The summed E-state index contributed by atoms with van der Waals surface area (Å²) in [7, 11) is 1.56. The fraction of sp³-hybridized carbons (Fsp3) is 0.588. The van der Waals surface area contributed by atoms with E-state index >= 15 is 0 Å². The molecule has 1 aromatic rings. The predicted molar refractivity (Wildman–Crippen MR) is 93.1 cm³/mol. The molecular weight excluding hydrogens is 326 g/mol. The lowest BCUT2D eigenvalue weighted by molar-refractivity contribution is -0.118. The molecule has 0 radical (unpaired) electrons. The first-order chi connectivity index (χ1) is 11.6. The lowest BCUT2D eigenvalue weighted by Gasteiger charge is -2.22. The Hall–Kier alpha value is -1.76. The van der Waals surface area contributed by atoms with Gasteiger partial charge in [0.25, 0.3) is 5.91 Å². The Bertz CT molecular complexity index is 644. The summed E-state index contributed by atoms with van der Waals surface area (Å²) in [5.74, 6) is 0.918. The number of ether oxygens (including phenoxy) is 1. The number of nitrogens with zero attached hydrogens (tertiary/aromatic N) is 2. The number of hydrogen-bond acceptors (Lipinski definition) is 5. The summed E-state index contributed by atoms with van der Waals surface area (Å²) in [4.78, 5) is 30.9. The van der Waals surface area contributed by atoms with Gasteiger partial charge in [-0.15, -0.1) is 0 Å². The van der Waals surface area contributed by atoms with Gasteiger partial charge >= 0.3 is 0 Å². The predicted octanol–water partition coefficient (Wildman–Crippen LogP) is 1.97. The van der Waals surface area contributed by atoms with Crippen molar-refractivity contribution < 1.29 is 14.3 Å². The summed E-state index contributed by atoms with van der Waals surface area (Å²) in [6.45, 7) is 0.883. The smallest absolute Gasteiger partial charge is 0.256 e. The van der Waals surface area contributed by atoms with E-state index in [2.05, 4.69) is 10.3 Å². The van der Waals surface area contributed by atoms with Crippen molar-refractivity contribution in [2.75, 3.05) is 19.1 Å². The van der Waals surface area contributed by atoms with Crippen LogP contribution >= 0.6 is 11.8 Å². The Morgan fingerprint density at radius 2 is 2.21 bits per heavy atom. The highest BCUT2D eigenvalue weighted by Crippen LogP contribution is 2.33. The molecule has 6 nitrogen and oxygen atoms in total. The molecule has 7 heteroatoms. The van der Waals surface area contributed by atoms with Crippen molar-refractivity contribution in [2.45, 2.75) is 44.8 Å². The van der Waals surface area contributed by atoms with Crippen LogP contribution in [0.4, 0.5) is 0 Å². The van der Waals surface area contributed by atoms with Crippen molar-refractivity contribution in [3.63, 3.8) is 0 Å². The number of pyridine rings is 1. The molecule has 130 valence electrons. The zero-order valence-corrected chi connectivity index (χ0v) is 14.9. The van der Waals surface area contributed by atoms with Crippen LogP contribution in [0.2, 0.25) is 0 Å².